The summed E-state index contributed by atoms with van der Waals surface area (Å²) in [6.45, 7) is 4.92. The lowest BCUT2D eigenvalue weighted by Gasteiger charge is -2.15. The molecule has 0 saturated carbocycles. The predicted octanol–water partition coefficient (Wildman–Crippen LogP) is 1.36. The first-order valence-electron chi connectivity index (χ1n) is 7.95. The molecular weight excluding hydrogens is 342 g/mol. The van der Waals surface area contributed by atoms with Gasteiger partial charge >= 0.3 is 5.97 Å². The first kappa shape index (κ1) is 19.1. The molecular formula is C16H23N5O3S. The third kappa shape index (κ3) is 5.95. The lowest BCUT2D eigenvalue weighted by atomic mass is 10.2. The Morgan fingerprint density at radius 2 is 2.20 bits per heavy atom. The van der Waals surface area contributed by atoms with Crippen LogP contribution in [0.15, 0.2) is 11.6 Å². The highest BCUT2D eigenvalue weighted by Crippen LogP contribution is 2.16. The van der Waals surface area contributed by atoms with Crippen LogP contribution < -0.4 is 5.32 Å². The van der Waals surface area contributed by atoms with Gasteiger partial charge in [0.2, 0.25) is 5.91 Å². The number of esters is 1. The summed E-state index contributed by atoms with van der Waals surface area (Å²) in [7, 11) is 3.75. The summed E-state index contributed by atoms with van der Waals surface area (Å²) < 4.78 is 6.64. The molecule has 2 heterocycles. The van der Waals surface area contributed by atoms with Crippen LogP contribution in [0, 0.1) is 6.92 Å². The number of carbonyl (C=O) groups excluding carboxylic acids is 2. The number of hydrogen-bond donors (Lipinski definition) is 1. The number of carbonyl (C=O) groups is 2. The SMILES string of the molecule is CCOC(=O)Cc1csc(NC(=O)CN(C)Cc2cn(C)nc2C)n1. The van der Waals surface area contributed by atoms with Crippen LogP contribution in [0.1, 0.15) is 23.9 Å². The smallest absolute Gasteiger partial charge is 0.311 e. The Morgan fingerprint density at radius 1 is 1.44 bits per heavy atom. The number of aromatic nitrogens is 3. The fourth-order valence-corrected chi connectivity index (χ4v) is 3.09. The highest BCUT2D eigenvalue weighted by Gasteiger charge is 2.13. The van der Waals surface area contributed by atoms with Crippen molar-refractivity contribution in [1.29, 1.82) is 0 Å². The quantitative estimate of drug-likeness (QED) is 0.711. The van der Waals surface area contributed by atoms with Crippen LogP contribution in [0.2, 0.25) is 0 Å². The molecule has 2 aromatic rings. The molecule has 0 aliphatic heterocycles. The predicted molar refractivity (Wildman–Crippen MR) is 95.4 cm³/mol. The van der Waals surface area contributed by atoms with Gasteiger partial charge in [-0.1, -0.05) is 0 Å². The van der Waals surface area contributed by atoms with Crippen LogP contribution in [-0.4, -0.2) is 51.7 Å². The average molecular weight is 365 g/mol. The molecule has 1 amide bonds. The van der Waals surface area contributed by atoms with Gasteiger partial charge in [0.05, 0.1) is 31.0 Å². The lowest BCUT2D eigenvalue weighted by molar-refractivity contribution is -0.142. The topological polar surface area (TPSA) is 89.4 Å². The van der Waals surface area contributed by atoms with Crippen molar-refractivity contribution in [2.75, 3.05) is 25.5 Å². The summed E-state index contributed by atoms with van der Waals surface area (Å²) in [5, 5.41) is 9.28. The standard InChI is InChI=1S/C16H23N5O3S/c1-5-24-15(23)6-13-10-25-16(17-13)18-14(22)9-20(3)7-12-8-21(4)19-11(12)2/h8,10H,5-7,9H2,1-4H3,(H,17,18,22). The van der Waals surface area contributed by atoms with E-state index >= 15 is 0 Å². The zero-order chi connectivity index (χ0) is 18.4. The van der Waals surface area contributed by atoms with Gasteiger partial charge < -0.3 is 10.1 Å². The molecule has 0 saturated heterocycles. The van der Waals surface area contributed by atoms with Gasteiger partial charge in [0.1, 0.15) is 0 Å². The number of anilines is 1. The van der Waals surface area contributed by atoms with Crippen LogP contribution in [0.5, 0.6) is 0 Å². The Kier molecular flexibility index (Phi) is 6.65. The third-order valence-corrected chi connectivity index (χ3v) is 4.20. The van der Waals surface area contributed by atoms with E-state index in [1.165, 1.54) is 11.3 Å². The Hall–Kier alpha value is -2.26. The molecule has 25 heavy (non-hydrogen) atoms. The molecule has 1 N–H and O–H groups in total. The van der Waals surface area contributed by atoms with E-state index in [4.69, 9.17) is 4.74 Å². The molecule has 0 aliphatic rings. The number of nitrogens with one attached hydrogen (secondary N) is 1. The van der Waals surface area contributed by atoms with Crippen LogP contribution in [0.3, 0.4) is 0 Å². The number of ether oxygens (including phenoxy) is 1. The van der Waals surface area contributed by atoms with Crippen LogP contribution in [0.4, 0.5) is 5.13 Å². The molecule has 0 unspecified atom stereocenters. The van der Waals surface area contributed by atoms with Gasteiger partial charge in [-0.05, 0) is 20.9 Å². The van der Waals surface area contributed by atoms with Crippen molar-refractivity contribution in [2.24, 2.45) is 7.05 Å². The maximum atomic E-state index is 12.1. The first-order valence-corrected chi connectivity index (χ1v) is 8.83. The minimum absolute atomic E-state index is 0.112. The van der Waals surface area contributed by atoms with Crippen LogP contribution in [0.25, 0.3) is 0 Å². The summed E-state index contributed by atoms with van der Waals surface area (Å²) in [5.41, 5.74) is 2.64. The monoisotopic (exact) mass is 365 g/mol. The van der Waals surface area contributed by atoms with Gasteiger partial charge in [0.25, 0.3) is 0 Å². The molecule has 0 aliphatic carbocycles. The van der Waals surface area contributed by atoms with Crippen molar-refractivity contribution in [2.45, 2.75) is 26.8 Å². The Morgan fingerprint density at radius 3 is 2.84 bits per heavy atom. The maximum Gasteiger partial charge on any atom is 0.311 e. The number of aryl methyl sites for hydroxylation is 2. The van der Waals surface area contributed by atoms with Gasteiger partial charge in [0, 0.05) is 30.7 Å². The van der Waals surface area contributed by atoms with E-state index in [-0.39, 0.29) is 24.8 Å². The fraction of sp³-hybridized carbons (Fsp3) is 0.500. The number of hydrogen-bond acceptors (Lipinski definition) is 7. The number of thiazole rings is 1. The number of amides is 1. The molecule has 2 rings (SSSR count). The normalized spacial score (nSPS) is 10.9. The van der Waals surface area contributed by atoms with E-state index < -0.39 is 0 Å². The van der Waals surface area contributed by atoms with Crippen molar-refractivity contribution < 1.29 is 14.3 Å². The Bertz CT molecular complexity index is 740. The summed E-state index contributed by atoms with van der Waals surface area (Å²) in [6.07, 6.45) is 2.06. The Balaban J connectivity index is 1.82. The van der Waals surface area contributed by atoms with E-state index in [1.807, 2.05) is 32.1 Å². The lowest BCUT2D eigenvalue weighted by Crippen LogP contribution is -2.29. The average Bonchev–Trinajstić information content (AvgIpc) is 3.05. The molecule has 8 nitrogen and oxygen atoms in total. The largest absolute Gasteiger partial charge is 0.466 e. The van der Waals surface area contributed by atoms with Gasteiger partial charge in [-0.3, -0.25) is 19.2 Å². The minimum atomic E-state index is -0.322. The van der Waals surface area contributed by atoms with Crippen molar-refractivity contribution in [3.8, 4) is 0 Å². The van der Waals surface area contributed by atoms with Crippen molar-refractivity contribution in [3.05, 3.63) is 28.5 Å². The second-order valence-electron chi connectivity index (χ2n) is 5.76. The van der Waals surface area contributed by atoms with Crippen LogP contribution in [-0.2, 0) is 34.3 Å². The van der Waals surface area contributed by atoms with Crippen molar-refractivity contribution >= 4 is 28.3 Å². The third-order valence-electron chi connectivity index (χ3n) is 3.40. The number of likely N-dealkylation sites (N-methyl/N-ethyl adjacent to an activating group) is 1. The highest BCUT2D eigenvalue weighted by molar-refractivity contribution is 7.13. The van der Waals surface area contributed by atoms with Gasteiger partial charge in [0.15, 0.2) is 5.13 Å². The van der Waals surface area contributed by atoms with E-state index in [2.05, 4.69) is 15.4 Å². The van der Waals surface area contributed by atoms with E-state index in [9.17, 15) is 9.59 Å². The molecule has 0 bridgehead atoms. The maximum absolute atomic E-state index is 12.1. The van der Waals surface area contributed by atoms with E-state index in [1.54, 1.807) is 17.0 Å². The number of nitrogens with zero attached hydrogens (tertiary/aromatic N) is 4. The second-order valence-corrected chi connectivity index (χ2v) is 6.62. The van der Waals surface area contributed by atoms with Gasteiger partial charge in [-0.15, -0.1) is 11.3 Å². The molecule has 2 aromatic heterocycles. The van der Waals surface area contributed by atoms with Crippen molar-refractivity contribution in [1.82, 2.24) is 19.7 Å². The number of rotatable bonds is 8. The first-order chi connectivity index (χ1) is 11.9. The second kappa shape index (κ2) is 8.72. The molecule has 0 fully saturated rings. The molecule has 0 spiro atoms. The van der Waals surface area contributed by atoms with E-state index in [0.717, 1.165) is 11.3 Å². The zero-order valence-corrected chi connectivity index (χ0v) is 15.7. The molecule has 9 heteroatoms. The van der Waals surface area contributed by atoms with E-state index in [0.29, 0.717) is 24.0 Å². The Labute approximate surface area is 150 Å². The van der Waals surface area contributed by atoms with Gasteiger partial charge in [-0.2, -0.15) is 5.10 Å². The minimum Gasteiger partial charge on any atom is -0.466 e. The summed E-state index contributed by atoms with van der Waals surface area (Å²) in [6, 6.07) is 0. The summed E-state index contributed by atoms with van der Waals surface area (Å²) >= 11 is 1.29. The molecule has 0 radical (unpaired) electrons. The molecule has 136 valence electrons. The van der Waals surface area contributed by atoms with Gasteiger partial charge in [-0.25, -0.2) is 4.98 Å². The van der Waals surface area contributed by atoms with Crippen molar-refractivity contribution in [3.63, 3.8) is 0 Å². The van der Waals surface area contributed by atoms with Crippen LogP contribution >= 0.6 is 11.3 Å². The fourth-order valence-electron chi connectivity index (χ4n) is 2.36. The summed E-state index contributed by atoms with van der Waals surface area (Å²) in [5.74, 6) is -0.474. The zero-order valence-electron chi connectivity index (χ0n) is 14.9. The highest BCUT2D eigenvalue weighted by atomic mass is 32.1. The summed E-state index contributed by atoms with van der Waals surface area (Å²) in [4.78, 5) is 29.7. The molecule has 0 atom stereocenters. The molecule has 0 aromatic carbocycles.